The van der Waals surface area contributed by atoms with E-state index in [1.54, 1.807) is 4.68 Å². The lowest BCUT2D eigenvalue weighted by Crippen LogP contribution is -2.47. The van der Waals surface area contributed by atoms with Crippen molar-refractivity contribution in [2.24, 2.45) is 18.9 Å². The van der Waals surface area contributed by atoms with Crippen molar-refractivity contribution in [3.05, 3.63) is 17.5 Å². The first-order valence-electron chi connectivity index (χ1n) is 7.50. The highest BCUT2D eigenvalue weighted by molar-refractivity contribution is 5.96. The van der Waals surface area contributed by atoms with Crippen LogP contribution in [-0.2, 0) is 13.5 Å². The van der Waals surface area contributed by atoms with Crippen LogP contribution >= 0.6 is 0 Å². The predicted molar refractivity (Wildman–Crippen MR) is 77.6 cm³/mol. The summed E-state index contributed by atoms with van der Waals surface area (Å²) in [5.74, 6) is 1.30. The Labute approximate surface area is 120 Å². The Morgan fingerprint density at radius 1 is 1.50 bits per heavy atom. The minimum absolute atomic E-state index is 0.0773. The predicted octanol–water partition coefficient (Wildman–Crippen LogP) is 1.05. The molecule has 0 bridgehead atoms. The molecule has 0 saturated carbocycles. The van der Waals surface area contributed by atoms with E-state index in [0.29, 0.717) is 11.8 Å². The van der Waals surface area contributed by atoms with Gasteiger partial charge in [0.25, 0.3) is 5.91 Å². The van der Waals surface area contributed by atoms with Crippen LogP contribution in [0.15, 0.2) is 6.20 Å². The van der Waals surface area contributed by atoms with E-state index in [2.05, 4.69) is 29.2 Å². The van der Waals surface area contributed by atoms with Gasteiger partial charge in [-0.1, -0.05) is 6.92 Å². The van der Waals surface area contributed by atoms with Crippen LogP contribution in [-0.4, -0.2) is 45.8 Å². The molecule has 110 valence electrons. The number of likely N-dealkylation sites (tertiary alicyclic amines) is 1. The summed E-state index contributed by atoms with van der Waals surface area (Å²) in [5.41, 5.74) is 1.60. The Hall–Kier alpha value is -1.36. The van der Waals surface area contributed by atoms with Gasteiger partial charge in [-0.25, -0.2) is 0 Å². The lowest BCUT2D eigenvalue weighted by Gasteiger charge is -2.35. The second-order valence-electron chi connectivity index (χ2n) is 6.61. The first kappa shape index (κ1) is 13.6. The Morgan fingerprint density at radius 2 is 2.25 bits per heavy atom. The number of nitrogens with one attached hydrogen (secondary N) is 1. The zero-order chi connectivity index (χ0) is 14.5. The molecule has 5 nitrogen and oxygen atoms in total. The average Bonchev–Trinajstić information content (AvgIpc) is 3.05. The second-order valence-corrected chi connectivity index (χ2v) is 6.61. The molecule has 1 amide bonds. The lowest BCUT2D eigenvalue weighted by molar-refractivity contribution is 0.0602. The molecule has 20 heavy (non-hydrogen) atoms. The van der Waals surface area contributed by atoms with Crippen LogP contribution in [0.25, 0.3) is 0 Å². The van der Waals surface area contributed by atoms with Gasteiger partial charge in [0.05, 0.1) is 11.3 Å². The van der Waals surface area contributed by atoms with Gasteiger partial charge in [0.1, 0.15) is 0 Å². The molecule has 3 heterocycles. The van der Waals surface area contributed by atoms with Crippen molar-refractivity contribution in [3.8, 4) is 0 Å². The Morgan fingerprint density at radius 3 is 2.90 bits per heavy atom. The summed E-state index contributed by atoms with van der Waals surface area (Å²) < 4.78 is 1.75. The number of nitrogens with zero attached hydrogens (tertiary/aromatic N) is 3. The zero-order valence-electron chi connectivity index (χ0n) is 12.8. The molecule has 0 aromatic carbocycles. The number of fused-ring (bicyclic) bond motifs is 1. The van der Waals surface area contributed by atoms with Gasteiger partial charge in [0, 0.05) is 38.4 Å². The maximum Gasteiger partial charge on any atom is 0.257 e. The first-order valence-corrected chi connectivity index (χ1v) is 7.50. The van der Waals surface area contributed by atoms with Gasteiger partial charge in [-0.15, -0.1) is 0 Å². The number of amides is 1. The summed E-state index contributed by atoms with van der Waals surface area (Å²) in [6.07, 6.45) is 2.66. The molecule has 1 aromatic rings. The summed E-state index contributed by atoms with van der Waals surface area (Å²) in [6, 6.07) is 0. The largest absolute Gasteiger partial charge is 0.333 e. The van der Waals surface area contributed by atoms with Crippen LogP contribution in [0.2, 0.25) is 0 Å². The monoisotopic (exact) mass is 276 g/mol. The molecule has 2 aliphatic heterocycles. The fraction of sp³-hybridized carbons (Fsp3) is 0.733. The third-order valence-electron chi connectivity index (χ3n) is 5.08. The SMILES string of the molecule is CCc1nn(C)cc1C(=O)N1CC2CNCC2C1(C)C. The second kappa shape index (κ2) is 4.58. The van der Waals surface area contributed by atoms with Crippen molar-refractivity contribution in [2.45, 2.75) is 32.7 Å². The molecule has 2 atom stereocenters. The third-order valence-corrected chi connectivity index (χ3v) is 5.08. The Balaban J connectivity index is 1.91. The standard InChI is InChI=1S/C15H24N4O/c1-5-13-11(9-18(4)17-13)14(20)19-8-10-6-16-7-12(10)15(19,2)3/h9-10,12,16H,5-8H2,1-4H3. The van der Waals surface area contributed by atoms with Crippen LogP contribution in [0.4, 0.5) is 0 Å². The molecule has 2 saturated heterocycles. The lowest BCUT2D eigenvalue weighted by atomic mass is 9.84. The minimum Gasteiger partial charge on any atom is -0.333 e. The molecule has 1 aromatic heterocycles. The van der Waals surface area contributed by atoms with Crippen molar-refractivity contribution in [1.82, 2.24) is 20.0 Å². The van der Waals surface area contributed by atoms with Gasteiger partial charge >= 0.3 is 0 Å². The molecular formula is C15H24N4O. The number of carbonyl (C=O) groups is 1. The van der Waals surface area contributed by atoms with E-state index in [1.807, 2.05) is 20.2 Å². The van der Waals surface area contributed by atoms with Crippen molar-refractivity contribution >= 4 is 5.91 Å². The molecule has 0 radical (unpaired) electrons. The van der Waals surface area contributed by atoms with Gasteiger partial charge in [0.15, 0.2) is 0 Å². The summed E-state index contributed by atoms with van der Waals surface area (Å²) >= 11 is 0. The number of aryl methyl sites for hydroxylation is 2. The number of rotatable bonds is 2. The maximum atomic E-state index is 12.9. The number of hydrogen-bond acceptors (Lipinski definition) is 3. The maximum absolute atomic E-state index is 12.9. The van der Waals surface area contributed by atoms with Crippen LogP contribution in [0.1, 0.15) is 36.8 Å². The van der Waals surface area contributed by atoms with Crippen molar-refractivity contribution in [3.63, 3.8) is 0 Å². The van der Waals surface area contributed by atoms with E-state index < -0.39 is 0 Å². The fourth-order valence-corrected chi connectivity index (χ4v) is 3.89. The van der Waals surface area contributed by atoms with Crippen molar-refractivity contribution in [1.29, 1.82) is 0 Å². The van der Waals surface area contributed by atoms with Crippen LogP contribution in [0.3, 0.4) is 0 Å². The molecule has 2 unspecified atom stereocenters. The first-order chi connectivity index (χ1) is 9.45. The molecule has 5 heteroatoms. The molecule has 3 rings (SSSR count). The molecule has 0 spiro atoms. The number of carbonyl (C=O) groups excluding carboxylic acids is 1. The third kappa shape index (κ3) is 1.87. The van der Waals surface area contributed by atoms with Gasteiger partial charge < -0.3 is 10.2 Å². The zero-order valence-corrected chi connectivity index (χ0v) is 12.8. The normalized spacial score (nSPS) is 27.9. The highest BCUT2D eigenvalue weighted by atomic mass is 16.2. The number of aromatic nitrogens is 2. The van der Waals surface area contributed by atoms with Gasteiger partial charge in [0.2, 0.25) is 0 Å². The van der Waals surface area contributed by atoms with Crippen LogP contribution in [0.5, 0.6) is 0 Å². The highest BCUT2D eigenvalue weighted by Crippen LogP contribution is 2.41. The van der Waals surface area contributed by atoms with Gasteiger partial charge in [-0.2, -0.15) is 5.10 Å². The van der Waals surface area contributed by atoms with E-state index in [0.717, 1.165) is 37.3 Å². The summed E-state index contributed by atoms with van der Waals surface area (Å²) in [5, 5.41) is 7.85. The Kier molecular flexibility index (Phi) is 3.12. The highest BCUT2D eigenvalue weighted by Gasteiger charge is 2.51. The number of hydrogen-bond donors (Lipinski definition) is 1. The Bertz CT molecular complexity index is 534. The van der Waals surface area contributed by atoms with E-state index in [1.165, 1.54) is 0 Å². The quantitative estimate of drug-likeness (QED) is 0.878. The smallest absolute Gasteiger partial charge is 0.257 e. The summed E-state index contributed by atoms with van der Waals surface area (Å²) in [7, 11) is 1.88. The molecule has 0 aliphatic carbocycles. The molecule has 1 N–H and O–H groups in total. The fourth-order valence-electron chi connectivity index (χ4n) is 3.89. The molecular weight excluding hydrogens is 252 g/mol. The van der Waals surface area contributed by atoms with E-state index in [9.17, 15) is 4.79 Å². The van der Waals surface area contributed by atoms with Gasteiger partial charge in [-0.05, 0) is 32.1 Å². The van der Waals surface area contributed by atoms with Gasteiger partial charge in [-0.3, -0.25) is 9.48 Å². The van der Waals surface area contributed by atoms with E-state index >= 15 is 0 Å². The van der Waals surface area contributed by atoms with E-state index in [4.69, 9.17) is 0 Å². The van der Waals surface area contributed by atoms with Crippen LogP contribution < -0.4 is 5.32 Å². The van der Waals surface area contributed by atoms with Crippen molar-refractivity contribution < 1.29 is 4.79 Å². The topological polar surface area (TPSA) is 50.2 Å². The van der Waals surface area contributed by atoms with Crippen LogP contribution in [0, 0.1) is 11.8 Å². The minimum atomic E-state index is -0.0773. The summed E-state index contributed by atoms with van der Waals surface area (Å²) in [4.78, 5) is 15.0. The molecule has 2 fully saturated rings. The van der Waals surface area contributed by atoms with Crippen molar-refractivity contribution in [2.75, 3.05) is 19.6 Å². The average molecular weight is 276 g/mol. The van der Waals surface area contributed by atoms with E-state index in [-0.39, 0.29) is 11.4 Å². The molecule has 2 aliphatic rings. The summed E-state index contributed by atoms with van der Waals surface area (Å²) in [6.45, 7) is 9.37.